The van der Waals surface area contributed by atoms with Crippen molar-refractivity contribution in [3.8, 4) is 11.4 Å². The summed E-state index contributed by atoms with van der Waals surface area (Å²) in [6.07, 6.45) is -3.61. The molecule has 0 unspecified atom stereocenters. The second kappa shape index (κ2) is 5.71. The Morgan fingerprint density at radius 3 is 2.24 bits per heavy atom. The van der Waals surface area contributed by atoms with Gasteiger partial charge in [0.15, 0.2) is 5.82 Å². The summed E-state index contributed by atoms with van der Waals surface area (Å²) < 4.78 is 37.6. The number of hydrogen-bond acceptors (Lipinski definition) is 3. The number of nitrogen functional groups attached to an aromatic ring is 1. The molecule has 1 aromatic carbocycles. The van der Waals surface area contributed by atoms with Gasteiger partial charge in [-0.05, 0) is 24.5 Å². The Labute approximate surface area is 121 Å². The van der Waals surface area contributed by atoms with Gasteiger partial charge >= 0.3 is 6.18 Å². The van der Waals surface area contributed by atoms with Gasteiger partial charge in [-0.2, -0.15) is 13.2 Å². The smallest absolute Gasteiger partial charge is 0.384 e. The van der Waals surface area contributed by atoms with Crippen molar-refractivity contribution in [2.75, 3.05) is 5.73 Å². The van der Waals surface area contributed by atoms with E-state index in [1.54, 1.807) is 6.07 Å². The van der Waals surface area contributed by atoms with Gasteiger partial charge in [0.05, 0.1) is 5.56 Å². The maximum absolute atomic E-state index is 12.5. The van der Waals surface area contributed by atoms with E-state index in [1.807, 2.05) is 0 Å². The van der Waals surface area contributed by atoms with Crippen LogP contribution >= 0.6 is 0 Å². The van der Waals surface area contributed by atoms with Crippen LogP contribution in [-0.4, -0.2) is 9.97 Å². The van der Waals surface area contributed by atoms with Gasteiger partial charge < -0.3 is 5.73 Å². The molecule has 0 spiro atoms. The van der Waals surface area contributed by atoms with Crippen LogP contribution in [0.15, 0.2) is 30.3 Å². The lowest BCUT2D eigenvalue weighted by molar-refractivity contribution is -0.137. The third kappa shape index (κ3) is 3.93. The first-order valence-corrected chi connectivity index (χ1v) is 6.57. The largest absolute Gasteiger partial charge is 0.416 e. The van der Waals surface area contributed by atoms with Crippen molar-refractivity contribution in [3.63, 3.8) is 0 Å². The summed E-state index contributed by atoms with van der Waals surface area (Å²) in [5, 5.41) is 0. The molecule has 21 heavy (non-hydrogen) atoms. The lowest BCUT2D eigenvalue weighted by Gasteiger charge is -2.09. The molecule has 3 nitrogen and oxygen atoms in total. The Balaban J connectivity index is 2.35. The highest BCUT2D eigenvalue weighted by atomic mass is 19.4. The van der Waals surface area contributed by atoms with E-state index in [9.17, 15) is 13.2 Å². The van der Waals surface area contributed by atoms with E-state index >= 15 is 0 Å². The van der Waals surface area contributed by atoms with E-state index in [4.69, 9.17) is 5.73 Å². The average Bonchev–Trinajstić information content (AvgIpc) is 2.36. The van der Waals surface area contributed by atoms with E-state index in [-0.39, 0.29) is 0 Å². The van der Waals surface area contributed by atoms with Gasteiger partial charge in [-0.15, -0.1) is 0 Å². The molecule has 0 aliphatic rings. The molecule has 2 rings (SSSR count). The van der Waals surface area contributed by atoms with Crippen molar-refractivity contribution < 1.29 is 13.2 Å². The molecule has 0 radical (unpaired) electrons. The summed E-state index contributed by atoms with van der Waals surface area (Å²) >= 11 is 0. The molecular formula is C15H16F3N3. The van der Waals surface area contributed by atoms with Crippen molar-refractivity contribution in [3.05, 3.63) is 41.6 Å². The molecule has 6 heteroatoms. The quantitative estimate of drug-likeness (QED) is 0.933. The fourth-order valence-corrected chi connectivity index (χ4v) is 1.98. The number of benzene rings is 1. The van der Waals surface area contributed by atoms with Gasteiger partial charge in [-0.25, -0.2) is 9.97 Å². The van der Waals surface area contributed by atoms with Crippen LogP contribution in [0.3, 0.4) is 0 Å². The number of nitrogens with two attached hydrogens (primary N) is 1. The molecule has 2 N–H and O–H groups in total. The van der Waals surface area contributed by atoms with E-state index in [0.717, 1.165) is 24.2 Å². The first-order chi connectivity index (χ1) is 9.75. The molecule has 1 heterocycles. The summed E-state index contributed by atoms with van der Waals surface area (Å²) in [5.74, 6) is 1.06. The molecule has 0 bridgehead atoms. The van der Waals surface area contributed by atoms with Gasteiger partial charge in [-0.3, -0.25) is 0 Å². The zero-order chi connectivity index (χ0) is 15.6. The van der Waals surface area contributed by atoms with Crippen LogP contribution in [-0.2, 0) is 12.6 Å². The Hall–Kier alpha value is -2.11. The monoisotopic (exact) mass is 295 g/mol. The normalized spacial score (nSPS) is 11.9. The standard InChI is InChI=1S/C15H16F3N3/c1-9(2)7-12-8-13(19)21-14(20-12)10-3-5-11(6-4-10)15(16,17)18/h3-6,8-9H,7H2,1-2H3,(H2,19,20,21). The minimum absolute atomic E-state index is 0.315. The Morgan fingerprint density at radius 2 is 1.71 bits per heavy atom. The van der Waals surface area contributed by atoms with Gasteiger partial charge in [0.25, 0.3) is 0 Å². The second-order valence-corrected chi connectivity index (χ2v) is 5.28. The SMILES string of the molecule is CC(C)Cc1cc(N)nc(-c2ccc(C(F)(F)F)cc2)n1. The van der Waals surface area contributed by atoms with Crippen molar-refractivity contribution in [1.29, 1.82) is 0 Å². The number of nitrogens with zero attached hydrogens (tertiary/aromatic N) is 2. The minimum atomic E-state index is -4.35. The predicted octanol–water partition coefficient (Wildman–Crippen LogP) is 3.94. The van der Waals surface area contributed by atoms with Crippen molar-refractivity contribution in [2.45, 2.75) is 26.4 Å². The first-order valence-electron chi connectivity index (χ1n) is 6.57. The summed E-state index contributed by atoms with van der Waals surface area (Å²) in [6, 6.07) is 6.44. The predicted molar refractivity (Wildman–Crippen MR) is 75.4 cm³/mol. The van der Waals surface area contributed by atoms with Crippen LogP contribution in [0.5, 0.6) is 0 Å². The van der Waals surface area contributed by atoms with Crippen molar-refractivity contribution in [2.24, 2.45) is 5.92 Å². The minimum Gasteiger partial charge on any atom is -0.384 e. The lowest BCUT2D eigenvalue weighted by atomic mass is 10.1. The number of rotatable bonds is 3. The molecule has 0 aliphatic carbocycles. The van der Waals surface area contributed by atoms with Crippen LogP contribution < -0.4 is 5.73 Å². The van der Waals surface area contributed by atoms with Gasteiger partial charge in [-0.1, -0.05) is 26.0 Å². The van der Waals surface area contributed by atoms with Gasteiger partial charge in [0.2, 0.25) is 0 Å². The molecule has 0 atom stereocenters. The highest BCUT2D eigenvalue weighted by molar-refractivity contribution is 5.57. The molecule has 0 saturated heterocycles. The van der Waals surface area contributed by atoms with E-state index in [1.165, 1.54) is 12.1 Å². The van der Waals surface area contributed by atoms with E-state index < -0.39 is 11.7 Å². The fourth-order valence-electron chi connectivity index (χ4n) is 1.98. The number of hydrogen-bond donors (Lipinski definition) is 1. The van der Waals surface area contributed by atoms with E-state index in [0.29, 0.717) is 23.1 Å². The molecule has 2 aromatic rings. The van der Waals surface area contributed by atoms with Crippen LogP contribution in [0, 0.1) is 5.92 Å². The summed E-state index contributed by atoms with van der Waals surface area (Å²) in [4.78, 5) is 8.45. The molecule has 0 fully saturated rings. The summed E-state index contributed by atoms with van der Waals surface area (Å²) in [5.41, 5.74) is 6.34. The number of alkyl halides is 3. The number of halogens is 3. The highest BCUT2D eigenvalue weighted by Gasteiger charge is 2.30. The Bertz CT molecular complexity index is 619. The molecular weight excluding hydrogens is 279 g/mol. The summed E-state index contributed by atoms with van der Waals surface area (Å²) in [6.45, 7) is 4.10. The summed E-state index contributed by atoms with van der Waals surface area (Å²) in [7, 11) is 0. The zero-order valence-corrected chi connectivity index (χ0v) is 11.8. The molecule has 112 valence electrons. The maximum atomic E-state index is 12.5. The van der Waals surface area contributed by atoms with Gasteiger partial charge in [0.1, 0.15) is 5.82 Å². The highest BCUT2D eigenvalue weighted by Crippen LogP contribution is 2.30. The van der Waals surface area contributed by atoms with Crippen LogP contribution in [0.4, 0.5) is 19.0 Å². The molecule has 0 saturated carbocycles. The van der Waals surface area contributed by atoms with Crippen LogP contribution in [0.2, 0.25) is 0 Å². The average molecular weight is 295 g/mol. The zero-order valence-electron chi connectivity index (χ0n) is 11.8. The third-order valence-electron chi connectivity index (χ3n) is 2.89. The Kier molecular flexibility index (Phi) is 4.16. The van der Waals surface area contributed by atoms with E-state index in [2.05, 4.69) is 23.8 Å². The Morgan fingerprint density at radius 1 is 1.10 bits per heavy atom. The number of aromatic nitrogens is 2. The van der Waals surface area contributed by atoms with Crippen LogP contribution in [0.1, 0.15) is 25.1 Å². The molecule has 0 aliphatic heterocycles. The van der Waals surface area contributed by atoms with Crippen molar-refractivity contribution in [1.82, 2.24) is 9.97 Å². The molecule has 0 amide bonds. The second-order valence-electron chi connectivity index (χ2n) is 5.28. The molecule has 1 aromatic heterocycles. The fraction of sp³-hybridized carbons (Fsp3) is 0.333. The third-order valence-corrected chi connectivity index (χ3v) is 2.89. The van der Waals surface area contributed by atoms with Crippen molar-refractivity contribution >= 4 is 5.82 Å². The topological polar surface area (TPSA) is 51.8 Å². The van der Waals surface area contributed by atoms with Gasteiger partial charge in [0, 0.05) is 17.3 Å². The maximum Gasteiger partial charge on any atom is 0.416 e. The van der Waals surface area contributed by atoms with Crippen LogP contribution in [0.25, 0.3) is 11.4 Å². The first kappa shape index (κ1) is 15.3. The lowest BCUT2D eigenvalue weighted by Crippen LogP contribution is -2.05. The number of anilines is 1.